The number of hydrogen-bond acceptors (Lipinski definition) is 5. The highest BCUT2D eigenvalue weighted by atomic mass is 16.7. The molecule has 0 unspecified atom stereocenters. The van der Waals surface area contributed by atoms with Gasteiger partial charge in [-0.1, -0.05) is 19.8 Å². The van der Waals surface area contributed by atoms with E-state index < -0.39 is 0 Å². The molecule has 7 heteroatoms. The van der Waals surface area contributed by atoms with E-state index in [-0.39, 0.29) is 17.0 Å². The molecule has 7 nitrogen and oxygen atoms in total. The van der Waals surface area contributed by atoms with Gasteiger partial charge in [0.2, 0.25) is 11.6 Å². The summed E-state index contributed by atoms with van der Waals surface area (Å²) in [5, 5.41) is 0. The number of hydrogen-bond donors (Lipinski definition) is 2. The number of imidazole rings is 1. The predicted octanol–water partition coefficient (Wildman–Crippen LogP) is 0.711. The van der Waals surface area contributed by atoms with Gasteiger partial charge in [-0.25, -0.2) is 4.98 Å². The van der Waals surface area contributed by atoms with E-state index in [1.165, 1.54) is 23.9 Å². The molecule has 0 aliphatic carbocycles. The number of fused-ring (bicyclic) bond motifs is 1. The van der Waals surface area contributed by atoms with Crippen molar-refractivity contribution in [2.24, 2.45) is 0 Å². The summed E-state index contributed by atoms with van der Waals surface area (Å²) < 4.78 is 1.40. The van der Waals surface area contributed by atoms with Gasteiger partial charge in [-0.2, -0.15) is 9.71 Å². The summed E-state index contributed by atoms with van der Waals surface area (Å²) in [4.78, 5) is 27.4. The van der Waals surface area contributed by atoms with E-state index in [2.05, 4.69) is 21.9 Å². The third-order valence-electron chi connectivity index (χ3n) is 2.62. The first kappa shape index (κ1) is 12.4. The summed E-state index contributed by atoms with van der Waals surface area (Å²) in [5.74, 6) is 0.0591. The molecule has 0 radical (unpaired) electrons. The fraction of sp³-hybridized carbons (Fsp3) is 0.545. The van der Waals surface area contributed by atoms with Crippen LogP contribution in [0.1, 0.15) is 32.6 Å². The van der Waals surface area contributed by atoms with Gasteiger partial charge in [-0.05, 0) is 12.8 Å². The lowest BCUT2D eigenvalue weighted by Crippen LogP contribution is -2.16. The molecule has 0 aliphatic rings. The molecule has 3 N–H and O–H groups in total. The predicted molar refractivity (Wildman–Crippen MR) is 68.2 cm³/mol. The van der Waals surface area contributed by atoms with Crippen LogP contribution in [0.5, 0.6) is 0 Å². The molecule has 2 aromatic heterocycles. The van der Waals surface area contributed by atoms with E-state index in [1.54, 1.807) is 0 Å². The van der Waals surface area contributed by atoms with Crippen LogP contribution in [0.25, 0.3) is 11.2 Å². The largest absolute Gasteiger partial charge is 0.411 e. The molecular formula is C11H17N5O2. The van der Waals surface area contributed by atoms with Gasteiger partial charge in [-0.3, -0.25) is 9.78 Å². The molecule has 0 fully saturated rings. The fourth-order valence-corrected chi connectivity index (χ4v) is 1.69. The Hall–Kier alpha value is -2.05. The molecule has 2 aromatic rings. The lowest BCUT2D eigenvalue weighted by atomic mass is 10.2. The Bertz CT molecular complexity index is 574. The number of rotatable bonds is 6. The van der Waals surface area contributed by atoms with Crippen LogP contribution in [0.4, 0.5) is 5.95 Å². The van der Waals surface area contributed by atoms with Crippen molar-refractivity contribution >= 4 is 17.1 Å². The van der Waals surface area contributed by atoms with Crippen LogP contribution in [-0.2, 0) is 0 Å². The highest BCUT2D eigenvalue weighted by Crippen LogP contribution is 2.05. The molecule has 0 aromatic carbocycles. The average molecular weight is 251 g/mol. The SMILES string of the molecule is CCCCCCOn1cnc2c(=O)[nH]c(N)nc21. The van der Waals surface area contributed by atoms with Crippen LogP contribution in [0.3, 0.4) is 0 Å². The molecule has 0 saturated carbocycles. The Kier molecular flexibility index (Phi) is 3.81. The van der Waals surface area contributed by atoms with Crippen LogP contribution in [0, 0.1) is 0 Å². The van der Waals surface area contributed by atoms with E-state index in [0.29, 0.717) is 12.3 Å². The number of nitrogens with one attached hydrogen (secondary N) is 1. The summed E-state index contributed by atoms with van der Waals surface area (Å²) in [6.07, 6.45) is 5.90. The Morgan fingerprint density at radius 1 is 1.44 bits per heavy atom. The third kappa shape index (κ3) is 2.61. The Morgan fingerprint density at radius 2 is 2.28 bits per heavy atom. The van der Waals surface area contributed by atoms with Crippen molar-refractivity contribution in [3.8, 4) is 0 Å². The summed E-state index contributed by atoms with van der Waals surface area (Å²) in [6, 6.07) is 0. The van der Waals surface area contributed by atoms with E-state index in [9.17, 15) is 4.79 Å². The smallest absolute Gasteiger partial charge is 0.280 e. The molecule has 2 heterocycles. The summed E-state index contributed by atoms with van der Waals surface area (Å²) in [7, 11) is 0. The van der Waals surface area contributed by atoms with Crippen molar-refractivity contribution in [2.45, 2.75) is 32.6 Å². The molecule has 18 heavy (non-hydrogen) atoms. The maximum Gasteiger partial charge on any atom is 0.280 e. The van der Waals surface area contributed by atoms with Crippen LogP contribution in [0.15, 0.2) is 11.1 Å². The second kappa shape index (κ2) is 5.52. The van der Waals surface area contributed by atoms with Gasteiger partial charge in [0.1, 0.15) is 12.9 Å². The van der Waals surface area contributed by atoms with E-state index in [1.807, 2.05) is 0 Å². The van der Waals surface area contributed by atoms with Gasteiger partial charge in [0.15, 0.2) is 5.52 Å². The van der Waals surface area contributed by atoms with Crippen molar-refractivity contribution < 1.29 is 4.84 Å². The number of nitrogen functional groups attached to an aromatic ring is 1. The van der Waals surface area contributed by atoms with E-state index in [4.69, 9.17) is 10.6 Å². The quantitative estimate of drug-likeness (QED) is 0.737. The van der Waals surface area contributed by atoms with Crippen molar-refractivity contribution in [2.75, 3.05) is 12.3 Å². The van der Waals surface area contributed by atoms with Crippen LogP contribution in [0.2, 0.25) is 0 Å². The van der Waals surface area contributed by atoms with E-state index >= 15 is 0 Å². The number of nitrogens with two attached hydrogens (primary N) is 1. The Morgan fingerprint density at radius 3 is 3.06 bits per heavy atom. The summed E-state index contributed by atoms with van der Waals surface area (Å²) in [6.45, 7) is 2.73. The minimum absolute atomic E-state index is 0.0591. The van der Waals surface area contributed by atoms with Crippen molar-refractivity contribution in [1.82, 2.24) is 19.7 Å². The fourth-order valence-electron chi connectivity index (χ4n) is 1.69. The number of unbranched alkanes of at least 4 members (excludes halogenated alkanes) is 3. The molecule has 0 saturated heterocycles. The molecule has 0 atom stereocenters. The molecule has 98 valence electrons. The standard InChI is InChI=1S/C11H17N5O2/c1-2-3-4-5-6-18-16-7-13-8-9(16)14-11(12)15-10(8)17/h7H,2-6H2,1H3,(H3,12,14,15,17). The number of aromatic nitrogens is 4. The molecular weight excluding hydrogens is 234 g/mol. The molecule has 0 aliphatic heterocycles. The second-order valence-corrected chi connectivity index (χ2v) is 4.09. The summed E-state index contributed by atoms with van der Waals surface area (Å²) in [5.41, 5.74) is 5.72. The zero-order valence-electron chi connectivity index (χ0n) is 10.3. The van der Waals surface area contributed by atoms with Gasteiger partial charge >= 0.3 is 0 Å². The first-order valence-electron chi connectivity index (χ1n) is 6.08. The highest BCUT2D eigenvalue weighted by molar-refractivity contribution is 5.69. The summed E-state index contributed by atoms with van der Waals surface area (Å²) >= 11 is 0. The van der Waals surface area contributed by atoms with Crippen LogP contribution in [-0.4, -0.2) is 26.3 Å². The maximum atomic E-state index is 11.5. The maximum absolute atomic E-state index is 11.5. The zero-order chi connectivity index (χ0) is 13.0. The number of anilines is 1. The average Bonchev–Trinajstić information content (AvgIpc) is 2.72. The van der Waals surface area contributed by atoms with Crippen LogP contribution >= 0.6 is 0 Å². The number of aromatic amines is 1. The van der Waals surface area contributed by atoms with Crippen molar-refractivity contribution in [1.29, 1.82) is 0 Å². The Balaban J connectivity index is 2.07. The molecule has 0 bridgehead atoms. The number of nitrogens with zero attached hydrogens (tertiary/aromatic N) is 3. The lowest BCUT2D eigenvalue weighted by molar-refractivity contribution is 0.114. The number of H-pyrrole nitrogens is 1. The monoisotopic (exact) mass is 251 g/mol. The van der Waals surface area contributed by atoms with Gasteiger partial charge in [0.25, 0.3) is 5.56 Å². The first-order valence-corrected chi connectivity index (χ1v) is 6.08. The molecule has 2 rings (SSSR count). The molecule has 0 amide bonds. The van der Waals surface area contributed by atoms with Gasteiger partial charge in [0, 0.05) is 0 Å². The highest BCUT2D eigenvalue weighted by Gasteiger charge is 2.09. The van der Waals surface area contributed by atoms with Gasteiger partial charge < -0.3 is 10.6 Å². The molecule has 0 spiro atoms. The Labute approximate surface area is 104 Å². The van der Waals surface area contributed by atoms with Crippen LogP contribution < -0.4 is 16.1 Å². The van der Waals surface area contributed by atoms with Gasteiger partial charge in [0.05, 0.1) is 0 Å². The topological polar surface area (TPSA) is 98.8 Å². The minimum atomic E-state index is -0.356. The zero-order valence-corrected chi connectivity index (χ0v) is 10.3. The van der Waals surface area contributed by atoms with E-state index in [0.717, 1.165) is 12.8 Å². The van der Waals surface area contributed by atoms with Crippen molar-refractivity contribution in [3.05, 3.63) is 16.7 Å². The second-order valence-electron chi connectivity index (χ2n) is 4.09. The minimum Gasteiger partial charge on any atom is -0.411 e. The van der Waals surface area contributed by atoms with Gasteiger partial charge in [-0.15, -0.1) is 0 Å². The first-order chi connectivity index (χ1) is 8.72. The normalized spacial score (nSPS) is 10.9. The third-order valence-corrected chi connectivity index (χ3v) is 2.62. The van der Waals surface area contributed by atoms with Crippen molar-refractivity contribution in [3.63, 3.8) is 0 Å². The lowest BCUT2D eigenvalue weighted by Gasteiger charge is -2.06.